The number of ether oxygens (including phenoxy) is 3. The van der Waals surface area contributed by atoms with E-state index in [1.165, 1.54) is 7.11 Å². The van der Waals surface area contributed by atoms with Crippen molar-refractivity contribution in [1.82, 2.24) is 10.6 Å². The van der Waals surface area contributed by atoms with Crippen molar-refractivity contribution >= 4 is 29.9 Å². The molecule has 25 heavy (non-hydrogen) atoms. The van der Waals surface area contributed by atoms with E-state index in [2.05, 4.69) is 15.6 Å². The van der Waals surface area contributed by atoms with Crippen LogP contribution in [0.15, 0.2) is 23.2 Å². The van der Waals surface area contributed by atoms with E-state index in [1.807, 2.05) is 13.0 Å². The molecular weight excluding hydrogens is 437 g/mol. The number of phenolic OH excluding ortho intramolecular Hbond substituents is 1. The predicted molar refractivity (Wildman–Crippen MR) is 110 cm³/mol. The number of hydrogen-bond acceptors (Lipinski definition) is 5. The summed E-state index contributed by atoms with van der Waals surface area (Å²) in [5.74, 6) is 1.29. The normalized spacial score (nSPS) is 10.9. The summed E-state index contributed by atoms with van der Waals surface area (Å²) in [6.07, 6.45) is 0.909. The lowest BCUT2D eigenvalue weighted by molar-refractivity contribution is 0.145. The van der Waals surface area contributed by atoms with Crippen molar-refractivity contribution in [2.45, 2.75) is 19.9 Å². The second kappa shape index (κ2) is 15.0. The number of nitrogens with zero attached hydrogens (tertiary/aromatic N) is 1. The Balaban J connectivity index is 0.00000576. The van der Waals surface area contributed by atoms with Gasteiger partial charge in [-0.3, -0.25) is 0 Å². The van der Waals surface area contributed by atoms with Crippen LogP contribution in [-0.2, 0) is 16.0 Å². The molecule has 144 valence electrons. The number of rotatable bonds is 11. The first-order chi connectivity index (χ1) is 11.7. The van der Waals surface area contributed by atoms with Gasteiger partial charge in [0, 0.05) is 33.4 Å². The van der Waals surface area contributed by atoms with Crippen LogP contribution < -0.4 is 15.4 Å². The molecule has 0 saturated carbocycles. The maximum atomic E-state index is 9.63. The Morgan fingerprint density at radius 2 is 1.92 bits per heavy atom. The SMILES string of the molecule is CCOCCCNC(=NCc1ccc(O)c(OC)c1)NCCOC.I. The molecule has 0 aliphatic heterocycles. The Labute approximate surface area is 167 Å². The largest absolute Gasteiger partial charge is 0.504 e. The van der Waals surface area contributed by atoms with Gasteiger partial charge in [-0.05, 0) is 31.0 Å². The quantitative estimate of drug-likeness (QED) is 0.200. The molecule has 0 aliphatic carbocycles. The van der Waals surface area contributed by atoms with E-state index in [0.717, 1.165) is 37.7 Å². The van der Waals surface area contributed by atoms with Crippen LogP contribution >= 0.6 is 24.0 Å². The van der Waals surface area contributed by atoms with E-state index in [9.17, 15) is 5.11 Å². The second-order valence-electron chi connectivity index (χ2n) is 5.07. The molecule has 1 aromatic rings. The molecule has 0 aromatic heterocycles. The van der Waals surface area contributed by atoms with E-state index in [4.69, 9.17) is 14.2 Å². The van der Waals surface area contributed by atoms with Crippen LogP contribution in [0.1, 0.15) is 18.9 Å². The zero-order chi connectivity index (χ0) is 17.6. The molecular formula is C17H30IN3O4. The summed E-state index contributed by atoms with van der Waals surface area (Å²) >= 11 is 0. The van der Waals surface area contributed by atoms with Crippen LogP contribution in [0, 0.1) is 0 Å². The van der Waals surface area contributed by atoms with Gasteiger partial charge in [-0.1, -0.05) is 6.07 Å². The molecule has 0 saturated heterocycles. The lowest BCUT2D eigenvalue weighted by atomic mass is 10.2. The molecule has 8 heteroatoms. The van der Waals surface area contributed by atoms with E-state index >= 15 is 0 Å². The number of benzene rings is 1. The molecule has 1 aromatic carbocycles. The third kappa shape index (κ3) is 10.4. The molecule has 0 spiro atoms. The lowest BCUT2D eigenvalue weighted by Crippen LogP contribution is -2.39. The predicted octanol–water partition coefficient (Wildman–Crippen LogP) is 2.13. The van der Waals surface area contributed by atoms with Crippen molar-refractivity contribution in [2.24, 2.45) is 4.99 Å². The fourth-order valence-electron chi connectivity index (χ4n) is 1.96. The first-order valence-corrected chi connectivity index (χ1v) is 8.16. The van der Waals surface area contributed by atoms with E-state index in [1.54, 1.807) is 19.2 Å². The molecule has 0 heterocycles. The number of aromatic hydroxyl groups is 1. The summed E-state index contributed by atoms with van der Waals surface area (Å²) in [5, 5.41) is 16.1. The summed E-state index contributed by atoms with van der Waals surface area (Å²) < 4.78 is 15.5. The number of phenols is 1. The fourth-order valence-corrected chi connectivity index (χ4v) is 1.96. The smallest absolute Gasteiger partial charge is 0.191 e. The minimum Gasteiger partial charge on any atom is -0.504 e. The molecule has 0 bridgehead atoms. The highest BCUT2D eigenvalue weighted by molar-refractivity contribution is 14.0. The summed E-state index contributed by atoms with van der Waals surface area (Å²) in [5.41, 5.74) is 0.951. The third-order valence-corrected chi connectivity index (χ3v) is 3.22. The zero-order valence-corrected chi connectivity index (χ0v) is 17.5. The van der Waals surface area contributed by atoms with Crippen molar-refractivity contribution < 1.29 is 19.3 Å². The monoisotopic (exact) mass is 467 g/mol. The fraction of sp³-hybridized carbons (Fsp3) is 0.588. The summed E-state index contributed by atoms with van der Waals surface area (Å²) in [7, 11) is 3.19. The topological polar surface area (TPSA) is 84.3 Å². The summed E-state index contributed by atoms with van der Waals surface area (Å²) in [4.78, 5) is 4.55. The highest BCUT2D eigenvalue weighted by Crippen LogP contribution is 2.26. The Kier molecular flexibility index (Phi) is 14.3. The van der Waals surface area contributed by atoms with Gasteiger partial charge in [0.1, 0.15) is 0 Å². The van der Waals surface area contributed by atoms with Gasteiger partial charge >= 0.3 is 0 Å². The third-order valence-electron chi connectivity index (χ3n) is 3.22. The summed E-state index contributed by atoms with van der Waals surface area (Å²) in [6.45, 7) is 5.97. The van der Waals surface area contributed by atoms with Gasteiger partial charge in [0.15, 0.2) is 17.5 Å². The van der Waals surface area contributed by atoms with Gasteiger partial charge in [-0.25, -0.2) is 4.99 Å². The van der Waals surface area contributed by atoms with Crippen molar-refractivity contribution in [1.29, 1.82) is 0 Å². The van der Waals surface area contributed by atoms with Crippen LogP contribution in [0.5, 0.6) is 11.5 Å². The molecule has 0 unspecified atom stereocenters. The van der Waals surface area contributed by atoms with Gasteiger partial charge in [0.25, 0.3) is 0 Å². The number of halogens is 1. The van der Waals surface area contributed by atoms with E-state index < -0.39 is 0 Å². The number of methoxy groups -OCH3 is 2. The Hall–Kier alpha value is -1.26. The molecule has 0 radical (unpaired) electrons. The minimum atomic E-state index is 0. The highest BCUT2D eigenvalue weighted by Gasteiger charge is 2.03. The maximum Gasteiger partial charge on any atom is 0.191 e. The van der Waals surface area contributed by atoms with Crippen LogP contribution in [0.3, 0.4) is 0 Å². The van der Waals surface area contributed by atoms with Gasteiger partial charge in [0.2, 0.25) is 0 Å². The number of aliphatic imine (C=N–C) groups is 1. The number of nitrogens with one attached hydrogen (secondary N) is 2. The number of guanidine groups is 1. The number of hydrogen-bond donors (Lipinski definition) is 3. The van der Waals surface area contributed by atoms with E-state index in [0.29, 0.717) is 25.4 Å². The van der Waals surface area contributed by atoms with Crippen molar-refractivity contribution in [3.05, 3.63) is 23.8 Å². The average molecular weight is 467 g/mol. The minimum absolute atomic E-state index is 0. The van der Waals surface area contributed by atoms with Crippen LogP contribution in [0.2, 0.25) is 0 Å². The standard InChI is InChI=1S/C17H29N3O4.HI/c1-4-24-10-5-8-18-17(19-9-11-22-2)20-13-14-6-7-15(21)16(12-14)23-3;/h6-7,12,21H,4-5,8-11,13H2,1-3H3,(H2,18,19,20);1H. The molecule has 0 fully saturated rings. The van der Waals surface area contributed by atoms with Crippen LogP contribution in [0.25, 0.3) is 0 Å². The van der Waals surface area contributed by atoms with Gasteiger partial charge in [-0.15, -0.1) is 24.0 Å². The molecule has 0 aliphatic rings. The zero-order valence-electron chi connectivity index (χ0n) is 15.2. The Morgan fingerprint density at radius 1 is 1.16 bits per heavy atom. The molecule has 0 amide bonds. The highest BCUT2D eigenvalue weighted by atomic mass is 127. The molecule has 1 rings (SSSR count). The Bertz CT molecular complexity index is 501. The van der Waals surface area contributed by atoms with Crippen LogP contribution in [-0.4, -0.2) is 58.2 Å². The van der Waals surface area contributed by atoms with Crippen molar-refractivity contribution in [3.8, 4) is 11.5 Å². The van der Waals surface area contributed by atoms with E-state index in [-0.39, 0.29) is 29.7 Å². The average Bonchev–Trinajstić information content (AvgIpc) is 2.60. The van der Waals surface area contributed by atoms with Crippen molar-refractivity contribution in [3.63, 3.8) is 0 Å². The first-order valence-electron chi connectivity index (χ1n) is 8.16. The molecule has 7 nitrogen and oxygen atoms in total. The van der Waals surface area contributed by atoms with Gasteiger partial charge in [-0.2, -0.15) is 0 Å². The first kappa shape index (κ1) is 23.7. The van der Waals surface area contributed by atoms with Gasteiger partial charge < -0.3 is 30.0 Å². The van der Waals surface area contributed by atoms with Gasteiger partial charge in [0.05, 0.1) is 20.3 Å². The molecule has 0 atom stereocenters. The van der Waals surface area contributed by atoms with Crippen LogP contribution in [0.4, 0.5) is 0 Å². The molecule has 3 N–H and O–H groups in total. The lowest BCUT2D eigenvalue weighted by Gasteiger charge is -2.12. The Morgan fingerprint density at radius 3 is 2.60 bits per heavy atom. The second-order valence-corrected chi connectivity index (χ2v) is 5.07. The maximum absolute atomic E-state index is 9.63. The van der Waals surface area contributed by atoms with Crippen molar-refractivity contribution in [2.75, 3.05) is 47.1 Å². The summed E-state index contributed by atoms with van der Waals surface area (Å²) in [6, 6.07) is 5.21.